The number of hydrogen-bond donors (Lipinski definition) is 3. The average molecular weight is 654 g/mol. The molecule has 0 spiro atoms. The fourth-order valence-electron chi connectivity index (χ4n) is 5.26. The maximum absolute atomic E-state index is 13.8. The third-order valence-electron chi connectivity index (χ3n) is 7.58. The van der Waals surface area contributed by atoms with Crippen LogP contribution in [0.25, 0.3) is 0 Å². The van der Waals surface area contributed by atoms with Crippen molar-refractivity contribution in [1.82, 2.24) is 19.8 Å². The van der Waals surface area contributed by atoms with E-state index < -0.39 is 61.8 Å². The molecule has 0 aromatic heterocycles. The number of halogens is 1. The maximum atomic E-state index is 13.8. The molecule has 2 aliphatic rings. The Hall–Kier alpha value is -3.04. The smallest absolute Gasteiger partial charge is 0.243 e. The highest BCUT2D eigenvalue weighted by atomic mass is 35.5. The van der Waals surface area contributed by atoms with Gasteiger partial charge in [-0.2, -0.15) is 0 Å². The van der Waals surface area contributed by atoms with Gasteiger partial charge in [0.25, 0.3) is 0 Å². The summed E-state index contributed by atoms with van der Waals surface area (Å²) in [6.07, 6.45) is 0.356. The first-order chi connectivity index (χ1) is 20.4. The van der Waals surface area contributed by atoms with Crippen molar-refractivity contribution in [3.63, 3.8) is 0 Å². The number of sulfonamides is 1. The summed E-state index contributed by atoms with van der Waals surface area (Å²) < 4.78 is 52.4. The fraction of sp³-hybridized carbons (Fsp3) is 0.464. The second-order valence-corrected chi connectivity index (χ2v) is 15.2. The number of amides is 3. The Morgan fingerprint density at radius 2 is 1.72 bits per heavy atom. The molecule has 0 saturated carbocycles. The van der Waals surface area contributed by atoms with Gasteiger partial charge in [0.05, 0.1) is 23.7 Å². The van der Waals surface area contributed by atoms with E-state index in [0.717, 1.165) is 11.1 Å². The van der Waals surface area contributed by atoms with Crippen molar-refractivity contribution in [3.8, 4) is 0 Å². The van der Waals surface area contributed by atoms with Crippen LogP contribution in [-0.4, -0.2) is 87.6 Å². The number of rotatable bonds is 11. The second-order valence-electron chi connectivity index (χ2n) is 10.7. The molecule has 234 valence electrons. The van der Waals surface area contributed by atoms with Gasteiger partial charge >= 0.3 is 0 Å². The molecule has 2 atom stereocenters. The van der Waals surface area contributed by atoms with Crippen LogP contribution in [0.3, 0.4) is 0 Å². The van der Waals surface area contributed by atoms with Crippen LogP contribution in [0.5, 0.6) is 0 Å². The molecule has 0 aliphatic carbocycles. The number of carbonyl (C=O) groups excluding carboxylic acids is 3. The monoisotopic (exact) mass is 653 g/mol. The summed E-state index contributed by atoms with van der Waals surface area (Å²) in [5, 5.41) is 3.32. The zero-order valence-electron chi connectivity index (χ0n) is 23.6. The zero-order chi connectivity index (χ0) is 31.2. The predicted molar refractivity (Wildman–Crippen MR) is 162 cm³/mol. The minimum atomic E-state index is -4.09. The highest BCUT2D eigenvalue weighted by molar-refractivity contribution is 7.91. The molecular weight excluding hydrogens is 618 g/mol. The van der Waals surface area contributed by atoms with Crippen LogP contribution in [0.15, 0.2) is 48.5 Å². The van der Waals surface area contributed by atoms with E-state index in [-0.39, 0.29) is 44.2 Å². The Morgan fingerprint density at radius 1 is 1.02 bits per heavy atom. The van der Waals surface area contributed by atoms with Gasteiger partial charge in [0.2, 0.25) is 27.7 Å². The Morgan fingerprint density at radius 3 is 2.40 bits per heavy atom. The number of sulfone groups is 1. The van der Waals surface area contributed by atoms with Gasteiger partial charge in [-0.15, -0.1) is 0 Å². The van der Waals surface area contributed by atoms with Crippen LogP contribution >= 0.6 is 11.6 Å². The first-order valence-corrected chi connectivity index (χ1v) is 17.8. The van der Waals surface area contributed by atoms with E-state index in [1.807, 2.05) is 0 Å². The number of hydrogen-bond acceptors (Lipinski definition) is 8. The van der Waals surface area contributed by atoms with Crippen molar-refractivity contribution >= 4 is 49.2 Å². The molecule has 3 amide bonds. The summed E-state index contributed by atoms with van der Waals surface area (Å²) in [6.45, 7) is 0.505. The topological polar surface area (TPSA) is 176 Å². The van der Waals surface area contributed by atoms with E-state index >= 15 is 0 Å². The van der Waals surface area contributed by atoms with Crippen molar-refractivity contribution in [3.05, 3.63) is 70.2 Å². The summed E-state index contributed by atoms with van der Waals surface area (Å²) in [4.78, 5) is 42.9. The highest BCUT2D eigenvalue weighted by Gasteiger charge is 2.40. The molecule has 12 nitrogen and oxygen atoms in total. The van der Waals surface area contributed by atoms with Crippen LogP contribution in [0.4, 0.5) is 0 Å². The molecule has 0 radical (unpaired) electrons. The van der Waals surface area contributed by atoms with Gasteiger partial charge < -0.3 is 20.9 Å². The van der Waals surface area contributed by atoms with Crippen molar-refractivity contribution in [1.29, 1.82) is 0 Å². The number of likely N-dealkylation sites (tertiary alicyclic amines) is 1. The Kier molecular flexibility index (Phi) is 10.8. The molecule has 4 N–H and O–H groups in total. The molecule has 4 rings (SSSR count). The molecule has 43 heavy (non-hydrogen) atoms. The third kappa shape index (κ3) is 8.99. The summed E-state index contributed by atoms with van der Waals surface area (Å²) in [5.41, 5.74) is 7.84. The molecule has 2 aromatic rings. The average Bonchev–Trinajstić information content (AvgIpc) is 3.45. The van der Waals surface area contributed by atoms with Gasteiger partial charge in [-0.25, -0.2) is 21.6 Å². The maximum Gasteiger partial charge on any atom is 0.243 e. The molecule has 2 aromatic carbocycles. The molecule has 2 aliphatic heterocycles. The van der Waals surface area contributed by atoms with Crippen molar-refractivity contribution < 1.29 is 31.2 Å². The summed E-state index contributed by atoms with van der Waals surface area (Å²) in [7, 11) is -7.35. The molecule has 15 heteroatoms. The van der Waals surface area contributed by atoms with E-state index in [1.165, 1.54) is 9.80 Å². The van der Waals surface area contributed by atoms with E-state index in [1.54, 1.807) is 48.5 Å². The summed E-state index contributed by atoms with van der Waals surface area (Å²) in [5.74, 6) is -2.50. The Bertz CT molecular complexity index is 1540. The number of carbonyl (C=O) groups is 3. The lowest BCUT2D eigenvalue weighted by Gasteiger charge is -2.31. The van der Waals surface area contributed by atoms with E-state index in [4.69, 9.17) is 17.3 Å². The number of nitrogens with one attached hydrogen (secondary N) is 2. The van der Waals surface area contributed by atoms with Gasteiger partial charge in [0.1, 0.15) is 12.1 Å². The molecule has 2 saturated heterocycles. The Labute approximate surface area is 256 Å². The van der Waals surface area contributed by atoms with E-state index in [0.29, 0.717) is 23.4 Å². The van der Waals surface area contributed by atoms with Crippen LogP contribution in [0, 0.1) is 0 Å². The normalized spacial score (nSPS) is 19.2. The SMILES string of the molecule is NCc1ccc(Cl)cc1CNC(=O)[C@@H]1CCCN1C(=O)[C@@H](CC(=O)N1CCS(=O)(=O)CC1)NS(=O)(=O)Cc1ccccc1. The van der Waals surface area contributed by atoms with Crippen LogP contribution < -0.4 is 15.8 Å². The first kappa shape index (κ1) is 32.9. The van der Waals surface area contributed by atoms with Gasteiger partial charge in [-0.05, 0) is 41.7 Å². The van der Waals surface area contributed by atoms with E-state index in [2.05, 4.69) is 10.0 Å². The van der Waals surface area contributed by atoms with Gasteiger partial charge in [-0.3, -0.25) is 14.4 Å². The minimum absolute atomic E-state index is 0.0398. The van der Waals surface area contributed by atoms with Crippen LogP contribution in [-0.2, 0) is 53.1 Å². The highest BCUT2D eigenvalue weighted by Crippen LogP contribution is 2.22. The minimum Gasteiger partial charge on any atom is -0.350 e. The lowest BCUT2D eigenvalue weighted by Crippen LogP contribution is -2.55. The zero-order valence-corrected chi connectivity index (χ0v) is 26.0. The molecule has 2 fully saturated rings. The third-order valence-corrected chi connectivity index (χ3v) is 10.8. The van der Waals surface area contributed by atoms with Crippen molar-refractivity contribution in [2.24, 2.45) is 5.73 Å². The van der Waals surface area contributed by atoms with Crippen molar-refractivity contribution in [2.75, 3.05) is 31.1 Å². The first-order valence-electron chi connectivity index (χ1n) is 13.9. The molecule has 2 heterocycles. The molecule has 0 unspecified atom stereocenters. The van der Waals surface area contributed by atoms with Crippen LogP contribution in [0.2, 0.25) is 5.02 Å². The number of benzene rings is 2. The molecule has 0 bridgehead atoms. The van der Waals surface area contributed by atoms with Crippen LogP contribution in [0.1, 0.15) is 36.0 Å². The molecular formula is C28H36ClN5O7S2. The quantitative estimate of drug-likeness (QED) is 0.315. The lowest BCUT2D eigenvalue weighted by atomic mass is 10.1. The number of nitrogens with zero attached hydrogens (tertiary/aromatic N) is 2. The Balaban J connectivity index is 1.50. The standard InChI is InChI=1S/C28H36ClN5O7S2/c29-23-9-8-21(17-30)22(15-23)18-31-27(36)25-7-4-10-34(25)28(37)24(16-26(35)33-11-13-42(38,39)14-12-33)32-43(40,41)19-20-5-2-1-3-6-20/h1-3,5-6,8-9,15,24-25,32H,4,7,10-14,16-19,30H2,(H,31,36)/t24-,25+/m1/s1. The second kappa shape index (κ2) is 14.2. The van der Waals surface area contributed by atoms with E-state index in [9.17, 15) is 31.2 Å². The predicted octanol–water partition coefficient (Wildman–Crippen LogP) is 0.541. The summed E-state index contributed by atoms with van der Waals surface area (Å²) >= 11 is 6.11. The van der Waals surface area contributed by atoms with Gasteiger partial charge in [-0.1, -0.05) is 48.0 Å². The lowest BCUT2D eigenvalue weighted by molar-refractivity contribution is -0.142. The summed E-state index contributed by atoms with van der Waals surface area (Å²) in [6, 6.07) is 11.2. The largest absolute Gasteiger partial charge is 0.350 e. The van der Waals surface area contributed by atoms with Gasteiger partial charge in [0.15, 0.2) is 9.84 Å². The number of nitrogens with two attached hydrogens (primary N) is 1. The van der Waals surface area contributed by atoms with Crippen molar-refractivity contribution in [2.45, 2.75) is 50.2 Å². The fourth-order valence-corrected chi connectivity index (χ4v) is 7.99. The van der Waals surface area contributed by atoms with Gasteiger partial charge in [0, 0.05) is 37.7 Å².